The Kier molecular flexibility index (Phi) is 3.42. The van der Waals surface area contributed by atoms with E-state index in [1.807, 2.05) is 0 Å². The van der Waals surface area contributed by atoms with Crippen LogP contribution in [0.1, 0.15) is 38.5 Å². The van der Waals surface area contributed by atoms with Crippen molar-refractivity contribution in [1.82, 2.24) is 0 Å². The maximum atomic E-state index is 11.7. The van der Waals surface area contributed by atoms with Crippen LogP contribution in [0.4, 0.5) is 0 Å². The number of fused-ring (bicyclic) bond motifs is 1. The normalized spacial score (nSPS) is 30.1. The van der Waals surface area contributed by atoms with Crippen LogP contribution in [0.15, 0.2) is 11.6 Å². The zero-order valence-corrected chi connectivity index (χ0v) is 9.70. The van der Waals surface area contributed by atoms with Crippen LogP contribution < -0.4 is 0 Å². The minimum atomic E-state index is -0.173. The van der Waals surface area contributed by atoms with Crippen LogP contribution in [-0.4, -0.2) is 18.9 Å². The van der Waals surface area contributed by atoms with Crippen molar-refractivity contribution >= 4 is 11.8 Å². The highest BCUT2D eigenvalue weighted by molar-refractivity contribution is 5.92. The van der Waals surface area contributed by atoms with Gasteiger partial charge in [-0.2, -0.15) is 0 Å². The molecule has 0 amide bonds. The number of ether oxygens (including phenoxy) is 1. The van der Waals surface area contributed by atoms with Crippen molar-refractivity contribution in [2.75, 3.05) is 7.11 Å². The molecule has 0 heterocycles. The molecule has 0 aromatic heterocycles. The van der Waals surface area contributed by atoms with Crippen LogP contribution in [0.2, 0.25) is 0 Å². The number of methoxy groups -OCH3 is 1. The molecule has 0 radical (unpaired) electrons. The summed E-state index contributed by atoms with van der Waals surface area (Å²) in [5, 5.41) is 0. The van der Waals surface area contributed by atoms with Crippen molar-refractivity contribution in [3.63, 3.8) is 0 Å². The van der Waals surface area contributed by atoms with Gasteiger partial charge in [0.05, 0.1) is 13.0 Å². The molecule has 16 heavy (non-hydrogen) atoms. The molecule has 0 aromatic rings. The molecule has 0 spiro atoms. The van der Waals surface area contributed by atoms with Crippen LogP contribution in [0.5, 0.6) is 0 Å². The number of ketones is 1. The fraction of sp³-hybridized carbons (Fsp3) is 0.692. The third-order valence-electron chi connectivity index (χ3n) is 3.72. The standard InChI is InChI=1S/C13H18O3/c1-16-13(15)11-5-3-2-4-9-6-7-10(14)8-12(9)11/h8-9,11H,2-7H2,1H3. The molecule has 2 aliphatic carbocycles. The van der Waals surface area contributed by atoms with Crippen LogP contribution in [0.25, 0.3) is 0 Å². The Hall–Kier alpha value is -1.12. The molecule has 0 aliphatic heterocycles. The van der Waals surface area contributed by atoms with Gasteiger partial charge >= 0.3 is 5.97 Å². The first kappa shape index (κ1) is 11.4. The molecule has 2 rings (SSSR count). The van der Waals surface area contributed by atoms with E-state index in [1.54, 1.807) is 6.08 Å². The molecule has 0 aromatic carbocycles. The summed E-state index contributed by atoms with van der Waals surface area (Å²) in [4.78, 5) is 23.2. The van der Waals surface area contributed by atoms with Crippen LogP contribution >= 0.6 is 0 Å². The second-order valence-electron chi connectivity index (χ2n) is 4.71. The first-order chi connectivity index (χ1) is 7.72. The molecule has 1 saturated carbocycles. The lowest BCUT2D eigenvalue weighted by molar-refractivity contribution is -0.144. The predicted octanol–water partition coefficient (Wildman–Crippen LogP) is 2.26. The van der Waals surface area contributed by atoms with Gasteiger partial charge in [-0.1, -0.05) is 12.8 Å². The lowest BCUT2D eigenvalue weighted by atomic mass is 9.79. The van der Waals surface area contributed by atoms with E-state index in [-0.39, 0.29) is 17.7 Å². The van der Waals surface area contributed by atoms with E-state index < -0.39 is 0 Å². The Bertz CT molecular complexity index is 330. The SMILES string of the molecule is COC(=O)C1CCCCC2CCC(=O)C=C21. The van der Waals surface area contributed by atoms with Crippen LogP contribution in [0.3, 0.4) is 0 Å². The third kappa shape index (κ3) is 2.18. The molecule has 2 atom stereocenters. The van der Waals surface area contributed by atoms with E-state index in [9.17, 15) is 9.59 Å². The number of hydrogen-bond acceptors (Lipinski definition) is 3. The summed E-state index contributed by atoms with van der Waals surface area (Å²) in [6.07, 6.45) is 7.43. The van der Waals surface area contributed by atoms with Gasteiger partial charge in [0, 0.05) is 6.42 Å². The minimum absolute atomic E-state index is 0.165. The zero-order valence-electron chi connectivity index (χ0n) is 9.70. The topological polar surface area (TPSA) is 43.4 Å². The summed E-state index contributed by atoms with van der Waals surface area (Å²) in [6.45, 7) is 0. The molecule has 1 fully saturated rings. The second-order valence-corrected chi connectivity index (χ2v) is 4.71. The summed E-state index contributed by atoms with van der Waals surface area (Å²) < 4.78 is 4.84. The van der Waals surface area contributed by atoms with Crippen LogP contribution in [-0.2, 0) is 14.3 Å². The number of carbonyl (C=O) groups is 2. The van der Waals surface area contributed by atoms with Crippen molar-refractivity contribution < 1.29 is 14.3 Å². The van der Waals surface area contributed by atoms with E-state index in [2.05, 4.69) is 0 Å². The second kappa shape index (κ2) is 4.81. The Morgan fingerprint density at radius 2 is 2.06 bits per heavy atom. The maximum Gasteiger partial charge on any atom is 0.312 e. The summed E-state index contributed by atoms with van der Waals surface area (Å²) in [7, 11) is 1.42. The number of allylic oxidation sites excluding steroid dienone is 1. The molecule has 0 saturated heterocycles. The molecule has 0 N–H and O–H groups in total. The monoisotopic (exact) mass is 222 g/mol. The highest BCUT2D eigenvalue weighted by Crippen LogP contribution is 2.38. The summed E-state index contributed by atoms with van der Waals surface area (Å²) in [5.74, 6) is 0.265. The number of carbonyl (C=O) groups excluding carboxylic acids is 2. The Labute approximate surface area is 95.9 Å². The predicted molar refractivity (Wildman–Crippen MR) is 59.8 cm³/mol. The summed E-state index contributed by atoms with van der Waals surface area (Å²) in [6, 6.07) is 0. The van der Waals surface area contributed by atoms with Gasteiger partial charge in [0.15, 0.2) is 5.78 Å². The molecule has 2 unspecified atom stereocenters. The van der Waals surface area contributed by atoms with Crippen molar-refractivity contribution in [2.24, 2.45) is 11.8 Å². The van der Waals surface area contributed by atoms with Gasteiger partial charge < -0.3 is 4.74 Å². The fourth-order valence-electron chi connectivity index (χ4n) is 2.86. The Morgan fingerprint density at radius 1 is 1.31 bits per heavy atom. The smallest absolute Gasteiger partial charge is 0.312 e. The molecule has 0 bridgehead atoms. The highest BCUT2D eigenvalue weighted by atomic mass is 16.5. The molecule has 3 nitrogen and oxygen atoms in total. The van der Waals surface area contributed by atoms with E-state index in [0.29, 0.717) is 12.3 Å². The number of hydrogen-bond donors (Lipinski definition) is 0. The summed E-state index contributed by atoms with van der Waals surface area (Å²) >= 11 is 0. The van der Waals surface area contributed by atoms with E-state index in [4.69, 9.17) is 4.74 Å². The van der Waals surface area contributed by atoms with Crippen LogP contribution in [0, 0.1) is 11.8 Å². The largest absolute Gasteiger partial charge is 0.469 e. The van der Waals surface area contributed by atoms with E-state index in [1.165, 1.54) is 7.11 Å². The molecule has 2 aliphatic rings. The van der Waals surface area contributed by atoms with E-state index >= 15 is 0 Å². The van der Waals surface area contributed by atoms with Gasteiger partial charge in [-0.3, -0.25) is 9.59 Å². The van der Waals surface area contributed by atoms with Crippen molar-refractivity contribution in [1.29, 1.82) is 0 Å². The summed E-state index contributed by atoms with van der Waals surface area (Å²) in [5.41, 5.74) is 1.04. The highest BCUT2D eigenvalue weighted by Gasteiger charge is 2.33. The van der Waals surface area contributed by atoms with Crippen molar-refractivity contribution in [3.05, 3.63) is 11.6 Å². The van der Waals surface area contributed by atoms with Crippen molar-refractivity contribution in [2.45, 2.75) is 38.5 Å². The molecule has 88 valence electrons. The number of esters is 1. The Balaban J connectivity index is 2.27. The zero-order chi connectivity index (χ0) is 11.5. The molecular weight excluding hydrogens is 204 g/mol. The first-order valence-corrected chi connectivity index (χ1v) is 6.04. The van der Waals surface area contributed by atoms with Gasteiger partial charge in [-0.05, 0) is 36.8 Å². The Morgan fingerprint density at radius 3 is 2.81 bits per heavy atom. The minimum Gasteiger partial charge on any atom is -0.469 e. The molecule has 3 heteroatoms. The van der Waals surface area contributed by atoms with Gasteiger partial charge in [0.2, 0.25) is 0 Å². The van der Waals surface area contributed by atoms with Gasteiger partial charge in [0.1, 0.15) is 0 Å². The maximum absolute atomic E-state index is 11.7. The van der Waals surface area contributed by atoms with Gasteiger partial charge in [-0.25, -0.2) is 0 Å². The van der Waals surface area contributed by atoms with Gasteiger partial charge in [-0.15, -0.1) is 0 Å². The number of rotatable bonds is 1. The average molecular weight is 222 g/mol. The quantitative estimate of drug-likeness (QED) is 0.639. The average Bonchev–Trinajstić information content (AvgIpc) is 2.50. The first-order valence-electron chi connectivity index (χ1n) is 6.04. The fourth-order valence-corrected chi connectivity index (χ4v) is 2.86. The molecular formula is C13H18O3. The third-order valence-corrected chi connectivity index (χ3v) is 3.72. The van der Waals surface area contributed by atoms with E-state index in [0.717, 1.165) is 37.7 Å². The van der Waals surface area contributed by atoms with Crippen molar-refractivity contribution in [3.8, 4) is 0 Å². The van der Waals surface area contributed by atoms with Gasteiger partial charge in [0.25, 0.3) is 0 Å². The lowest BCUT2D eigenvalue weighted by Gasteiger charge is -2.25. The lowest BCUT2D eigenvalue weighted by Crippen LogP contribution is -2.25.